The van der Waals surface area contributed by atoms with Crippen molar-refractivity contribution in [2.24, 2.45) is 0 Å². The van der Waals surface area contributed by atoms with E-state index in [-0.39, 0.29) is 12.0 Å². The lowest BCUT2D eigenvalue weighted by Crippen LogP contribution is -2.34. The molecule has 1 saturated carbocycles. The Morgan fingerprint density at radius 3 is 2.24 bits per heavy atom. The lowest BCUT2D eigenvalue weighted by Gasteiger charge is -2.28. The molecule has 2 aliphatic rings. The van der Waals surface area contributed by atoms with Gasteiger partial charge in [0.1, 0.15) is 6.29 Å². The van der Waals surface area contributed by atoms with Crippen molar-refractivity contribution in [3.8, 4) is 0 Å². The Balaban J connectivity index is 1.73. The zero-order chi connectivity index (χ0) is 17.1. The SMILES string of the molecule is O=CC1/C(=C\c2ccccc2)C(NC2CCCCC2)c2ccccc21. The average Bonchev–Trinajstić information content (AvgIpc) is 2.96. The highest BCUT2D eigenvalue weighted by molar-refractivity contribution is 5.78. The summed E-state index contributed by atoms with van der Waals surface area (Å²) < 4.78 is 0. The third-order valence-corrected chi connectivity index (χ3v) is 5.61. The van der Waals surface area contributed by atoms with E-state index in [1.807, 2.05) is 24.3 Å². The van der Waals surface area contributed by atoms with Crippen molar-refractivity contribution in [3.63, 3.8) is 0 Å². The van der Waals surface area contributed by atoms with E-state index >= 15 is 0 Å². The molecule has 128 valence electrons. The van der Waals surface area contributed by atoms with Crippen LogP contribution in [0.2, 0.25) is 0 Å². The smallest absolute Gasteiger partial charge is 0.131 e. The van der Waals surface area contributed by atoms with Crippen molar-refractivity contribution >= 4 is 12.4 Å². The number of rotatable bonds is 4. The predicted molar refractivity (Wildman–Crippen MR) is 102 cm³/mol. The summed E-state index contributed by atoms with van der Waals surface area (Å²) in [5, 5.41) is 3.88. The Labute approximate surface area is 150 Å². The monoisotopic (exact) mass is 331 g/mol. The van der Waals surface area contributed by atoms with Crippen molar-refractivity contribution in [3.05, 3.63) is 76.9 Å². The van der Waals surface area contributed by atoms with E-state index in [0.717, 1.165) is 17.4 Å². The molecule has 0 spiro atoms. The number of carbonyl (C=O) groups is 1. The topological polar surface area (TPSA) is 29.1 Å². The summed E-state index contributed by atoms with van der Waals surface area (Å²) in [6, 6.07) is 19.5. The summed E-state index contributed by atoms with van der Waals surface area (Å²) in [5.41, 5.74) is 4.78. The molecule has 2 heteroatoms. The van der Waals surface area contributed by atoms with Crippen LogP contribution in [0.5, 0.6) is 0 Å². The molecule has 2 atom stereocenters. The molecule has 0 aromatic heterocycles. The maximum Gasteiger partial charge on any atom is 0.131 e. The van der Waals surface area contributed by atoms with Crippen LogP contribution in [0.3, 0.4) is 0 Å². The highest BCUT2D eigenvalue weighted by Crippen LogP contribution is 2.45. The van der Waals surface area contributed by atoms with Gasteiger partial charge in [-0.15, -0.1) is 0 Å². The molecule has 0 amide bonds. The normalized spacial score (nSPS) is 25.0. The lowest BCUT2D eigenvalue weighted by molar-refractivity contribution is -0.108. The van der Waals surface area contributed by atoms with Crippen LogP contribution in [-0.2, 0) is 4.79 Å². The molecule has 2 aliphatic carbocycles. The highest BCUT2D eigenvalue weighted by Gasteiger charge is 2.36. The zero-order valence-corrected chi connectivity index (χ0v) is 14.5. The van der Waals surface area contributed by atoms with Crippen molar-refractivity contribution in [2.45, 2.75) is 50.1 Å². The van der Waals surface area contributed by atoms with Crippen molar-refractivity contribution in [2.75, 3.05) is 0 Å². The molecular weight excluding hydrogens is 306 g/mol. The third-order valence-electron chi connectivity index (χ3n) is 5.61. The highest BCUT2D eigenvalue weighted by atomic mass is 16.1. The van der Waals surface area contributed by atoms with E-state index in [9.17, 15) is 4.79 Å². The molecule has 0 bridgehead atoms. The number of aldehydes is 1. The largest absolute Gasteiger partial charge is 0.304 e. The van der Waals surface area contributed by atoms with Gasteiger partial charge in [-0.1, -0.05) is 79.9 Å². The first-order chi connectivity index (χ1) is 12.4. The molecule has 2 unspecified atom stereocenters. The van der Waals surface area contributed by atoms with Gasteiger partial charge in [-0.3, -0.25) is 0 Å². The molecule has 25 heavy (non-hydrogen) atoms. The number of hydrogen-bond donors (Lipinski definition) is 1. The van der Waals surface area contributed by atoms with E-state index in [0.29, 0.717) is 6.04 Å². The second-order valence-electron chi connectivity index (χ2n) is 7.23. The second-order valence-corrected chi connectivity index (χ2v) is 7.23. The van der Waals surface area contributed by atoms with Crippen LogP contribution in [0, 0.1) is 0 Å². The molecule has 0 saturated heterocycles. The van der Waals surface area contributed by atoms with E-state index in [2.05, 4.69) is 41.7 Å². The van der Waals surface area contributed by atoms with E-state index < -0.39 is 0 Å². The van der Waals surface area contributed by atoms with E-state index in [4.69, 9.17) is 0 Å². The molecule has 0 radical (unpaired) electrons. The summed E-state index contributed by atoms with van der Waals surface area (Å²) in [6.07, 6.45) is 9.76. The van der Waals surface area contributed by atoms with Gasteiger partial charge in [0.2, 0.25) is 0 Å². The first-order valence-electron chi connectivity index (χ1n) is 9.43. The molecule has 4 rings (SSSR count). The Kier molecular flexibility index (Phi) is 4.80. The predicted octanol–water partition coefficient (Wildman–Crippen LogP) is 5.03. The van der Waals surface area contributed by atoms with Gasteiger partial charge in [0.25, 0.3) is 0 Å². The average molecular weight is 331 g/mol. The van der Waals surface area contributed by atoms with Gasteiger partial charge < -0.3 is 10.1 Å². The number of benzene rings is 2. The van der Waals surface area contributed by atoms with Crippen LogP contribution in [-0.4, -0.2) is 12.3 Å². The summed E-state index contributed by atoms with van der Waals surface area (Å²) in [6.45, 7) is 0. The van der Waals surface area contributed by atoms with Gasteiger partial charge in [-0.2, -0.15) is 0 Å². The zero-order valence-electron chi connectivity index (χ0n) is 14.5. The van der Waals surface area contributed by atoms with Gasteiger partial charge in [-0.05, 0) is 35.1 Å². The summed E-state index contributed by atoms with van der Waals surface area (Å²) >= 11 is 0. The van der Waals surface area contributed by atoms with Gasteiger partial charge in [0, 0.05) is 6.04 Å². The molecule has 1 fully saturated rings. The van der Waals surface area contributed by atoms with Crippen LogP contribution in [0.25, 0.3) is 6.08 Å². The summed E-state index contributed by atoms with van der Waals surface area (Å²) in [5.74, 6) is -0.141. The molecule has 2 nitrogen and oxygen atoms in total. The third kappa shape index (κ3) is 3.32. The van der Waals surface area contributed by atoms with Crippen molar-refractivity contribution < 1.29 is 4.79 Å². The number of nitrogens with one attached hydrogen (secondary N) is 1. The molecule has 1 N–H and O–H groups in total. The van der Waals surface area contributed by atoms with Crippen LogP contribution < -0.4 is 5.32 Å². The Bertz CT molecular complexity index is 759. The van der Waals surface area contributed by atoms with Gasteiger partial charge in [0.15, 0.2) is 0 Å². The van der Waals surface area contributed by atoms with Gasteiger partial charge in [0.05, 0.1) is 12.0 Å². The van der Waals surface area contributed by atoms with E-state index in [1.165, 1.54) is 43.2 Å². The fourth-order valence-electron chi connectivity index (χ4n) is 4.35. The lowest BCUT2D eigenvalue weighted by atomic mass is 9.92. The van der Waals surface area contributed by atoms with Crippen LogP contribution in [0.4, 0.5) is 0 Å². The maximum absolute atomic E-state index is 11.9. The molecule has 2 aromatic carbocycles. The van der Waals surface area contributed by atoms with Crippen LogP contribution >= 0.6 is 0 Å². The van der Waals surface area contributed by atoms with Gasteiger partial charge in [-0.25, -0.2) is 0 Å². The molecular formula is C23H25NO. The quantitative estimate of drug-likeness (QED) is 0.796. The number of fused-ring (bicyclic) bond motifs is 1. The first kappa shape index (κ1) is 16.3. The standard InChI is InChI=1S/C23H25NO/c25-16-22-19-13-7-8-14-20(19)23(24-18-11-5-2-6-12-18)21(22)15-17-9-3-1-4-10-17/h1,3-4,7-10,13-16,18,22-24H,2,5-6,11-12H2/b21-15+. The molecule has 0 aliphatic heterocycles. The fourth-order valence-corrected chi connectivity index (χ4v) is 4.35. The van der Waals surface area contributed by atoms with Crippen molar-refractivity contribution in [1.82, 2.24) is 5.32 Å². The van der Waals surface area contributed by atoms with Gasteiger partial charge >= 0.3 is 0 Å². The maximum atomic E-state index is 11.9. The first-order valence-corrected chi connectivity index (χ1v) is 9.43. The van der Waals surface area contributed by atoms with Crippen LogP contribution in [0.1, 0.15) is 60.8 Å². The minimum absolute atomic E-state index is 0.141. The Hall–Kier alpha value is -2.19. The van der Waals surface area contributed by atoms with Crippen molar-refractivity contribution in [1.29, 1.82) is 0 Å². The molecule has 2 aromatic rings. The fraction of sp³-hybridized carbons (Fsp3) is 0.348. The minimum Gasteiger partial charge on any atom is -0.304 e. The van der Waals surface area contributed by atoms with Crippen LogP contribution in [0.15, 0.2) is 60.2 Å². The van der Waals surface area contributed by atoms with E-state index in [1.54, 1.807) is 0 Å². The number of carbonyl (C=O) groups excluding carboxylic acids is 1. The molecule has 0 heterocycles. The second kappa shape index (κ2) is 7.37. The number of hydrogen-bond acceptors (Lipinski definition) is 2. The summed E-state index contributed by atoms with van der Waals surface area (Å²) in [4.78, 5) is 11.9. The summed E-state index contributed by atoms with van der Waals surface area (Å²) in [7, 11) is 0. The Morgan fingerprint density at radius 2 is 1.52 bits per heavy atom. The Morgan fingerprint density at radius 1 is 0.840 bits per heavy atom. The minimum atomic E-state index is -0.141.